The molecule has 3 heteroatoms. The van der Waals surface area contributed by atoms with E-state index in [-0.39, 0.29) is 11.5 Å². The number of esters is 1. The second-order valence-corrected chi connectivity index (χ2v) is 14.7. The van der Waals surface area contributed by atoms with E-state index >= 15 is 0 Å². The van der Waals surface area contributed by atoms with Crippen LogP contribution < -0.4 is 5.19 Å². The Kier molecular flexibility index (Phi) is 7.87. The first-order valence-corrected chi connectivity index (χ1v) is 15.7. The first-order valence-electron chi connectivity index (χ1n) is 12.6. The second-order valence-electron chi connectivity index (χ2n) is 10.00. The molecule has 0 aromatic heterocycles. The van der Waals surface area contributed by atoms with E-state index in [2.05, 4.69) is 118 Å². The molecule has 0 fully saturated rings. The van der Waals surface area contributed by atoms with Crippen LogP contribution in [0.2, 0.25) is 18.6 Å². The fraction of sp³-hybridized carbons (Fsp3) is 0.281. The lowest BCUT2D eigenvalue weighted by molar-refractivity contribution is -0.143. The summed E-state index contributed by atoms with van der Waals surface area (Å²) >= 11 is 0. The van der Waals surface area contributed by atoms with Crippen molar-refractivity contribution in [2.24, 2.45) is 0 Å². The number of ether oxygens (including phenoxy) is 1. The van der Waals surface area contributed by atoms with Gasteiger partial charge in [-0.3, -0.25) is 4.79 Å². The van der Waals surface area contributed by atoms with Crippen LogP contribution >= 0.6 is 0 Å². The Bertz CT molecular complexity index is 1280. The first-order chi connectivity index (χ1) is 16.9. The first kappa shape index (κ1) is 24.9. The Morgan fingerprint density at radius 2 is 1.46 bits per heavy atom. The van der Waals surface area contributed by atoms with Crippen molar-refractivity contribution in [2.75, 3.05) is 6.61 Å². The fourth-order valence-corrected chi connectivity index (χ4v) is 8.73. The van der Waals surface area contributed by atoms with Gasteiger partial charge in [-0.25, -0.2) is 0 Å². The lowest BCUT2D eigenvalue weighted by Gasteiger charge is -2.33. The maximum absolute atomic E-state index is 13.0. The molecule has 0 unspecified atom stereocenters. The van der Waals surface area contributed by atoms with Crippen molar-refractivity contribution < 1.29 is 9.53 Å². The van der Waals surface area contributed by atoms with E-state index in [1.807, 2.05) is 0 Å². The normalized spacial score (nSPS) is 13.2. The van der Waals surface area contributed by atoms with Gasteiger partial charge in [-0.05, 0) is 65.4 Å². The van der Waals surface area contributed by atoms with E-state index < -0.39 is 8.07 Å². The number of carbonyl (C=O) groups is 1. The van der Waals surface area contributed by atoms with Gasteiger partial charge in [0.2, 0.25) is 0 Å². The van der Waals surface area contributed by atoms with Gasteiger partial charge in [0.15, 0.2) is 0 Å². The minimum absolute atomic E-state index is 0.0875. The Labute approximate surface area is 210 Å². The van der Waals surface area contributed by atoms with Crippen LogP contribution in [0.25, 0.3) is 21.5 Å². The van der Waals surface area contributed by atoms with Crippen molar-refractivity contribution >= 4 is 40.8 Å². The van der Waals surface area contributed by atoms with Crippen LogP contribution in [-0.2, 0) is 16.0 Å². The number of hydrogen-bond acceptors (Lipinski definition) is 2. The van der Waals surface area contributed by atoms with E-state index in [0.29, 0.717) is 13.0 Å². The monoisotopic (exact) mass is 480 g/mol. The van der Waals surface area contributed by atoms with Gasteiger partial charge in [0, 0.05) is 6.42 Å². The molecule has 0 aliphatic rings. The van der Waals surface area contributed by atoms with Crippen LogP contribution in [0, 0.1) is 0 Å². The smallest absolute Gasteiger partial charge is 0.306 e. The minimum atomic E-state index is -1.89. The highest BCUT2D eigenvalue weighted by Gasteiger charge is 2.36. The molecule has 2 nitrogen and oxygen atoms in total. The van der Waals surface area contributed by atoms with Gasteiger partial charge in [0.1, 0.15) is 0 Å². The van der Waals surface area contributed by atoms with Crippen LogP contribution in [0.4, 0.5) is 0 Å². The third-order valence-electron chi connectivity index (χ3n) is 7.48. The standard InChI is InChI=1S/C32H36O2Si/c1-5-24(2)31(35(3,4)27-16-7-6-8-17-27)23-32(33)34-21-13-20-30-28-18-11-9-14-25(28)22-26-15-10-12-19-29(26)30/h5-12,14-19,22,31H,13,20-21,23H2,1-4H3/b24-5+/t31-/m1/s1. The number of hydrogen-bond donors (Lipinski definition) is 0. The summed E-state index contributed by atoms with van der Waals surface area (Å²) in [5.74, 6) is -0.0875. The molecule has 4 aromatic carbocycles. The third kappa shape index (κ3) is 5.57. The molecular weight excluding hydrogens is 444 g/mol. The molecule has 0 saturated carbocycles. The van der Waals surface area contributed by atoms with Gasteiger partial charge in [-0.2, -0.15) is 0 Å². The van der Waals surface area contributed by atoms with Crippen LogP contribution in [0.15, 0.2) is 96.6 Å². The number of benzene rings is 4. The van der Waals surface area contributed by atoms with Crippen LogP contribution in [0.3, 0.4) is 0 Å². The van der Waals surface area contributed by atoms with Crippen molar-refractivity contribution in [3.63, 3.8) is 0 Å². The number of rotatable bonds is 9. The van der Waals surface area contributed by atoms with Crippen LogP contribution in [-0.4, -0.2) is 20.7 Å². The molecule has 1 atom stereocenters. The zero-order chi connectivity index (χ0) is 24.8. The summed E-state index contributed by atoms with van der Waals surface area (Å²) < 4.78 is 5.80. The van der Waals surface area contributed by atoms with Crippen molar-refractivity contribution in [3.05, 3.63) is 102 Å². The fourth-order valence-electron chi connectivity index (χ4n) is 5.29. The molecule has 0 aliphatic carbocycles. The van der Waals surface area contributed by atoms with Gasteiger partial charge in [-0.15, -0.1) is 0 Å². The van der Waals surface area contributed by atoms with Crippen LogP contribution in [0.5, 0.6) is 0 Å². The Morgan fingerprint density at radius 3 is 2.06 bits per heavy atom. The summed E-state index contributed by atoms with van der Waals surface area (Å²) in [6.07, 6.45) is 4.30. The molecule has 0 spiro atoms. The lowest BCUT2D eigenvalue weighted by atomic mass is 9.94. The van der Waals surface area contributed by atoms with E-state index in [1.165, 1.54) is 37.9 Å². The predicted molar refractivity (Wildman–Crippen MR) is 152 cm³/mol. The average Bonchev–Trinajstić information content (AvgIpc) is 2.89. The molecule has 0 amide bonds. The van der Waals surface area contributed by atoms with Gasteiger partial charge in [-0.1, -0.05) is 109 Å². The molecule has 4 rings (SSSR count). The summed E-state index contributed by atoms with van der Waals surface area (Å²) in [5.41, 5.74) is 2.85. The Hall–Kier alpha value is -3.17. The van der Waals surface area contributed by atoms with Gasteiger partial charge in [0.25, 0.3) is 0 Å². The quantitative estimate of drug-likeness (QED) is 0.0803. The van der Waals surface area contributed by atoms with E-state index in [0.717, 1.165) is 12.8 Å². The van der Waals surface area contributed by atoms with Crippen molar-refractivity contribution in [1.29, 1.82) is 0 Å². The summed E-state index contributed by atoms with van der Waals surface area (Å²) in [6, 6.07) is 30.1. The van der Waals surface area contributed by atoms with E-state index in [4.69, 9.17) is 4.74 Å². The zero-order valence-electron chi connectivity index (χ0n) is 21.4. The molecule has 0 heterocycles. The van der Waals surface area contributed by atoms with Crippen LogP contribution in [0.1, 0.15) is 32.3 Å². The summed E-state index contributed by atoms with van der Waals surface area (Å²) in [7, 11) is -1.89. The summed E-state index contributed by atoms with van der Waals surface area (Å²) in [4.78, 5) is 13.0. The van der Waals surface area contributed by atoms with E-state index in [1.54, 1.807) is 0 Å². The molecule has 0 saturated heterocycles. The molecule has 35 heavy (non-hydrogen) atoms. The van der Waals surface area contributed by atoms with Gasteiger partial charge < -0.3 is 4.74 Å². The summed E-state index contributed by atoms with van der Waals surface area (Å²) in [5, 5.41) is 6.47. The average molecular weight is 481 g/mol. The number of carbonyl (C=O) groups excluding carboxylic acids is 1. The number of allylic oxidation sites excluding steroid dienone is 2. The molecule has 180 valence electrons. The topological polar surface area (TPSA) is 26.3 Å². The van der Waals surface area contributed by atoms with Gasteiger partial charge >= 0.3 is 5.97 Å². The Balaban J connectivity index is 1.43. The maximum atomic E-state index is 13.0. The largest absolute Gasteiger partial charge is 0.466 e. The Morgan fingerprint density at radius 1 is 0.886 bits per heavy atom. The molecule has 0 radical (unpaired) electrons. The van der Waals surface area contributed by atoms with E-state index in [9.17, 15) is 4.79 Å². The molecule has 4 aromatic rings. The summed E-state index contributed by atoms with van der Waals surface area (Å²) in [6.45, 7) is 9.39. The second kappa shape index (κ2) is 11.0. The SMILES string of the molecule is C/C=C(\C)[C@@H](CC(=O)OCCCc1c2ccccc2cc2ccccc12)[Si](C)(C)c1ccccc1. The maximum Gasteiger partial charge on any atom is 0.306 e. The molecule has 0 aliphatic heterocycles. The predicted octanol–water partition coefficient (Wildman–Crippen LogP) is 7.81. The van der Waals surface area contributed by atoms with Gasteiger partial charge in [0.05, 0.1) is 14.7 Å². The van der Waals surface area contributed by atoms with Crippen molar-refractivity contribution in [3.8, 4) is 0 Å². The number of aryl methyl sites for hydroxylation is 1. The highest BCUT2D eigenvalue weighted by molar-refractivity contribution is 6.91. The molecule has 0 bridgehead atoms. The number of fused-ring (bicyclic) bond motifs is 2. The lowest BCUT2D eigenvalue weighted by Crippen LogP contribution is -2.47. The minimum Gasteiger partial charge on any atom is -0.466 e. The van der Waals surface area contributed by atoms with Crippen molar-refractivity contribution in [1.82, 2.24) is 0 Å². The highest BCUT2D eigenvalue weighted by atomic mass is 28.3. The molecular formula is C32H36O2Si. The highest BCUT2D eigenvalue weighted by Crippen LogP contribution is 2.33. The third-order valence-corrected chi connectivity index (χ3v) is 11.7. The van der Waals surface area contributed by atoms with Crippen molar-refractivity contribution in [2.45, 2.75) is 51.7 Å². The zero-order valence-corrected chi connectivity index (χ0v) is 22.4. The molecule has 0 N–H and O–H groups in total.